The molecule has 6 heteroatoms. The number of fused-ring (bicyclic) bond motifs is 1. The maximum Gasteiger partial charge on any atom is 0.325 e. The fourth-order valence-electron chi connectivity index (χ4n) is 2.07. The molecule has 3 aromatic rings. The van der Waals surface area contributed by atoms with Gasteiger partial charge in [-0.15, -0.1) is 11.3 Å². The van der Waals surface area contributed by atoms with Gasteiger partial charge in [0.25, 0.3) is 0 Å². The van der Waals surface area contributed by atoms with Gasteiger partial charge in [0.2, 0.25) is 0 Å². The zero-order chi connectivity index (χ0) is 14.7. The first kappa shape index (κ1) is 13.5. The predicted molar refractivity (Wildman–Crippen MR) is 83.4 cm³/mol. The Hall–Kier alpha value is -2.47. The molecule has 0 saturated heterocycles. The molecule has 0 saturated carbocycles. The number of aromatic nitrogens is 2. The first-order chi connectivity index (χ1) is 10.3. The normalized spacial score (nSPS) is 10.5. The SMILES string of the molecule is COC(=O)CNc1ncnc2scc(-c3ccccc3)c12. The fourth-order valence-corrected chi connectivity index (χ4v) is 2.98. The van der Waals surface area contributed by atoms with Crippen molar-refractivity contribution in [2.24, 2.45) is 0 Å². The van der Waals surface area contributed by atoms with E-state index in [0.717, 1.165) is 21.3 Å². The standard InChI is InChI=1S/C15H13N3O2S/c1-20-12(19)7-16-14-13-11(10-5-3-2-4-6-10)8-21-15(13)18-9-17-14/h2-6,8-9H,7H2,1H3,(H,16,17,18). The van der Waals surface area contributed by atoms with Crippen LogP contribution in [0.5, 0.6) is 0 Å². The number of methoxy groups -OCH3 is 1. The summed E-state index contributed by atoms with van der Waals surface area (Å²) in [7, 11) is 1.36. The van der Waals surface area contributed by atoms with Crippen molar-refractivity contribution in [2.45, 2.75) is 0 Å². The lowest BCUT2D eigenvalue weighted by Gasteiger charge is -2.07. The molecule has 3 rings (SSSR count). The van der Waals surface area contributed by atoms with Gasteiger partial charge in [-0.3, -0.25) is 4.79 Å². The molecule has 0 atom stereocenters. The average Bonchev–Trinajstić information content (AvgIpc) is 2.98. The van der Waals surface area contributed by atoms with Crippen LogP contribution in [0, 0.1) is 0 Å². The Balaban J connectivity index is 2.05. The van der Waals surface area contributed by atoms with Crippen molar-refractivity contribution in [1.29, 1.82) is 0 Å². The number of benzene rings is 1. The largest absolute Gasteiger partial charge is 0.468 e. The lowest BCUT2D eigenvalue weighted by molar-refractivity contribution is -0.138. The third-order valence-corrected chi connectivity index (χ3v) is 3.97. The third kappa shape index (κ3) is 2.71. The molecule has 0 fully saturated rings. The van der Waals surface area contributed by atoms with E-state index in [-0.39, 0.29) is 12.5 Å². The molecule has 2 aromatic heterocycles. The molecule has 21 heavy (non-hydrogen) atoms. The van der Waals surface area contributed by atoms with Crippen LogP contribution in [-0.2, 0) is 9.53 Å². The molecule has 0 aliphatic carbocycles. The van der Waals surface area contributed by atoms with Gasteiger partial charge in [-0.2, -0.15) is 0 Å². The molecule has 0 radical (unpaired) electrons. The zero-order valence-electron chi connectivity index (χ0n) is 11.4. The molecule has 5 nitrogen and oxygen atoms in total. The Bertz CT molecular complexity index is 771. The van der Waals surface area contributed by atoms with Gasteiger partial charge in [0.05, 0.1) is 12.5 Å². The average molecular weight is 299 g/mol. The Morgan fingerprint density at radius 2 is 2.10 bits per heavy atom. The number of rotatable bonds is 4. The summed E-state index contributed by atoms with van der Waals surface area (Å²) in [5.41, 5.74) is 2.16. The van der Waals surface area contributed by atoms with Crippen molar-refractivity contribution < 1.29 is 9.53 Å². The van der Waals surface area contributed by atoms with E-state index >= 15 is 0 Å². The Kier molecular flexibility index (Phi) is 3.79. The Labute approximate surface area is 125 Å². The van der Waals surface area contributed by atoms with E-state index in [1.165, 1.54) is 13.4 Å². The predicted octanol–water partition coefficient (Wildman–Crippen LogP) is 2.94. The monoisotopic (exact) mass is 299 g/mol. The van der Waals surface area contributed by atoms with Gasteiger partial charge in [0, 0.05) is 10.9 Å². The summed E-state index contributed by atoms with van der Waals surface area (Å²) in [6.07, 6.45) is 1.49. The molecule has 106 valence electrons. The molecule has 0 amide bonds. The van der Waals surface area contributed by atoms with Crippen LogP contribution in [0.3, 0.4) is 0 Å². The van der Waals surface area contributed by atoms with E-state index < -0.39 is 0 Å². The highest BCUT2D eigenvalue weighted by atomic mass is 32.1. The highest BCUT2D eigenvalue weighted by Crippen LogP contribution is 2.36. The zero-order valence-corrected chi connectivity index (χ0v) is 12.2. The number of esters is 1. The van der Waals surface area contributed by atoms with E-state index in [4.69, 9.17) is 0 Å². The molecule has 0 spiro atoms. The van der Waals surface area contributed by atoms with E-state index in [2.05, 4.69) is 25.4 Å². The number of carbonyl (C=O) groups excluding carboxylic acids is 1. The van der Waals surface area contributed by atoms with Crippen molar-refractivity contribution in [1.82, 2.24) is 9.97 Å². The van der Waals surface area contributed by atoms with Gasteiger partial charge in [-0.25, -0.2) is 9.97 Å². The van der Waals surface area contributed by atoms with Gasteiger partial charge < -0.3 is 10.1 Å². The lowest BCUT2D eigenvalue weighted by atomic mass is 10.1. The Morgan fingerprint density at radius 1 is 1.29 bits per heavy atom. The number of nitrogens with one attached hydrogen (secondary N) is 1. The van der Waals surface area contributed by atoms with E-state index in [0.29, 0.717) is 5.82 Å². The molecular weight excluding hydrogens is 286 g/mol. The second kappa shape index (κ2) is 5.88. The number of anilines is 1. The van der Waals surface area contributed by atoms with Crippen molar-refractivity contribution >= 4 is 33.3 Å². The van der Waals surface area contributed by atoms with Crippen molar-refractivity contribution in [2.75, 3.05) is 19.0 Å². The molecule has 1 N–H and O–H groups in total. The summed E-state index contributed by atoms with van der Waals surface area (Å²) >= 11 is 1.56. The second-order valence-corrected chi connectivity index (χ2v) is 5.21. The molecule has 0 bridgehead atoms. The number of nitrogens with zero attached hydrogens (tertiary/aromatic N) is 2. The van der Waals surface area contributed by atoms with Crippen LogP contribution in [0.25, 0.3) is 21.3 Å². The number of carbonyl (C=O) groups is 1. The summed E-state index contributed by atoms with van der Waals surface area (Å²) in [4.78, 5) is 20.7. The maximum atomic E-state index is 11.3. The number of hydrogen-bond acceptors (Lipinski definition) is 6. The molecule has 0 unspecified atom stereocenters. The molecule has 0 aliphatic rings. The van der Waals surface area contributed by atoms with E-state index in [9.17, 15) is 4.79 Å². The molecule has 1 aromatic carbocycles. The van der Waals surface area contributed by atoms with Crippen LogP contribution >= 0.6 is 11.3 Å². The van der Waals surface area contributed by atoms with Crippen LogP contribution in [0.2, 0.25) is 0 Å². The highest BCUT2D eigenvalue weighted by Gasteiger charge is 2.13. The Morgan fingerprint density at radius 3 is 2.86 bits per heavy atom. The van der Waals surface area contributed by atoms with Crippen molar-refractivity contribution in [3.63, 3.8) is 0 Å². The molecule has 2 heterocycles. The highest BCUT2D eigenvalue weighted by molar-refractivity contribution is 7.17. The minimum atomic E-state index is -0.335. The van der Waals surface area contributed by atoms with Gasteiger partial charge in [0.1, 0.15) is 23.5 Å². The topological polar surface area (TPSA) is 64.1 Å². The van der Waals surface area contributed by atoms with Crippen LogP contribution in [0.4, 0.5) is 5.82 Å². The fraction of sp³-hybridized carbons (Fsp3) is 0.133. The van der Waals surface area contributed by atoms with E-state index in [1.54, 1.807) is 11.3 Å². The van der Waals surface area contributed by atoms with Gasteiger partial charge >= 0.3 is 5.97 Å². The van der Waals surface area contributed by atoms with Crippen LogP contribution in [-0.4, -0.2) is 29.6 Å². The minimum Gasteiger partial charge on any atom is -0.468 e. The summed E-state index contributed by atoms with van der Waals surface area (Å²) in [6.45, 7) is 0.0761. The molecule has 0 aliphatic heterocycles. The number of ether oxygens (including phenoxy) is 1. The van der Waals surface area contributed by atoms with Gasteiger partial charge in [-0.05, 0) is 5.56 Å². The van der Waals surface area contributed by atoms with Crippen LogP contribution < -0.4 is 5.32 Å². The minimum absolute atomic E-state index is 0.0761. The first-order valence-electron chi connectivity index (χ1n) is 6.38. The summed E-state index contributed by atoms with van der Waals surface area (Å²) in [6, 6.07) is 10.0. The summed E-state index contributed by atoms with van der Waals surface area (Å²) < 4.78 is 4.64. The van der Waals surface area contributed by atoms with Crippen molar-refractivity contribution in [3.05, 3.63) is 42.0 Å². The third-order valence-electron chi connectivity index (χ3n) is 3.08. The summed E-state index contributed by atoms with van der Waals surface area (Å²) in [5, 5.41) is 6.00. The summed E-state index contributed by atoms with van der Waals surface area (Å²) in [5.74, 6) is 0.309. The lowest BCUT2D eigenvalue weighted by Crippen LogP contribution is -2.15. The first-order valence-corrected chi connectivity index (χ1v) is 7.26. The smallest absolute Gasteiger partial charge is 0.325 e. The van der Waals surface area contributed by atoms with Crippen LogP contribution in [0.1, 0.15) is 0 Å². The molecular formula is C15H13N3O2S. The van der Waals surface area contributed by atoms with Gasteiger partial charge in [-0.1, -0.05) is 30.3 Å². The second-order valence-electron chi connectivity index (χ2n) is 4.35. The van der Waals surface area contributed by atoms with Gasteiger partial charge in [0.15, 0.2) is 0 Å². The van der Waals surface area contributed by atoms with Crippen LogP contribution in [0.15, 0.2) is 42.0 Å². The number of hydrogen-bond donors (Lipinski definition) is 1. The van der Waals surface area contributed by atoms with Crippen molar-refractivity contribution in [3.8, 4) is 11.1 Å². The number of thiophene rings is 1. The van der Waals surface area contributed by atoms with E-state index in [1.807, 2.05) is 30.3 Å². The quantitative estimate of drug-likeness (QED) is 0.750. The maximum absolute atomic E-state index is 11.3.